The van der Waals surface area contributed by atoms with Crippen molar-refractivity contribution in [2.45, 2.75) is 12.8 Å². The summed E-state index contributed by atoms with van der Waals surface area (Å²) in [5, 5.41) is 3.59. The Balaban J connectivity index is 1.59. The fraction of sp³-hybridized carbons (Fsp3) is 0.250. The van der Waals surface area contributed by atoms with Crippen LogP contribution in [0.5, 0.6) is 5.75 Å². The standard InChI is InChI=1S/C16H15ClFNO/c17-13-8-14(18)10-15(9-13)19-5-3-11-1-2-16-12(7-11)4-6-20-16/h1-2,7-10,19H,3-6H2. The first kappa shape index (κ1) is 13.3. The molecule has 4 heteroatoms. The summed E-state index contributed by atoms with van der Waals surface area (Å²) in [5.41, 5.74) is 3.24. The number of halogens is 2. The van der Waals surface area contributed by atoms with E-state index >= 15 is 0 Å². The number of ether oxygens (including phenoxy) is 1. The highest BCUT2D eigenvalue weighted by Gasteiger charge is 2.11. The van der Waals surface area contributed by atoms with Crippen LogP contribution in [0.2, 0.25) is 5.02 Å². The average molecular weight is 292 g/mol. The van der Waals surface area contributed by atoms with Crippen LogP contribution >= 0.6 is 11.6 Å². The summed E-state index contributed by atoms with van der Waals surface area (Å²) < 4.78 is 18.7. The van der Waals surface area contributed by atoms with E-state index in [2.05, 4.69) is 17.4 Å². The smallest absolute Gasteiger partial charge is 0.126 e. The van der Waals surface area contributed by atoms with Crippen LogP contribution in [0.15, 0.2) is 36.4 Å². The molecule has 1 heterocycles. The molecule has 20 heavy (non-hydrogen) atoms. The van der Waals surface area contributed by atoms with Crippen molar-refractivity contribution in [3.8, 4) is 5.75 Å². The van der Waals surface area contributed by atoms with Gasteiger partial charge in [-0.15, -0.1) is 0 Å². The first-order chi connectivity index (χ1) is 9.70. The SMILES string of the molecule is Fc1cc(Cl)cc(NCCc2ccc3c(c2)CCO3)c1. The Hall–Kier alpha value is -1.74. The third-order valence-electron chi connectivity index (χ3n) is 3.36. The number of nitrogens with one attached hydrogen (secondary N) is 1. The predicted molar refractivity (Wildman–Crippen MR) is 79.2 cm³/mol. The van der Waals surface area contributed by atoms with Crippen LogP contribution in [-0.2, 0) is 12.8 Å². The molecule has 0 radical (unpaired) electrons. The Kier molecular flexibility index (Phi) is 3.79. The molecule has 0 aromatic heterocycles. The number of rotatable bonds is 4. The zero-order chi connectivity index (χ0) is 13.9. The Bertz CT molecular complexity index is 610. The number of fused-ring (bicyclic) bond motifs is 1. The van der Waals surface area contributed by atoms with Gasteiger partial charge in [0.1, 0.15) is 11.6 Å². The van der Waals surface area contributed by atoms with Crippen LogP contribution < -0.4 is 10.1 Å². The second-order valence-electron chi connectivity index (χ2n) is 4.88. The molecule has 2 aromatic rings. The lowest BCUT2D eigenvalue weighted by atomic mass is 10.1. The van der Waals surface area contributed by atoms with Crippen LogP contribution in [0.25, 0.3) is 0 Å². The second kappa shape index (κ2) is 5.71. The highest BCUT2D eigenvalue weighted by Crippen LogP contribution is 2.26. The highest BCUT2D eigenvalue weighted by atomic mass is 35.5. The van der Waals surface area contributed by atoms with Crippen molar-refractivity contribution >= 4 is 17.3 Å². The van der Waals surface area contributed by atoms with E-state index in [1.54, 1.807) is 6.07 Å². The van der Waals surface area contributed by atoms with Crippen molar-refractivity contribution in [2.75, 3.05) is 18.5 Å². The molecule has 0 saturated heterocycles. The minimum absolute atomic E-state index is 0.324. The quantitative estimate of drug-likeness (QED) is 0.917. The van der Waals surface area contributed by atoms with Gasteiger partial charge in [-0.2, -0.15) is 0 Å². The molecular weight excluding hydrogens is 277 g/mol. The van der Waals surface area contributed by atoms with Gasteiger partial charge in [0.15, 0.2) is 0 Å². The maximum atomic E-state index is 13.2. The van der Waals surface area contributed by atoms with Crippen molar-refractivity contribution in [1.29, 1.82) is 0 Å². The molecule has 0 aliphatic carbocycles. The Morgan fingerprint density at radius 1 is 1.20 bits per heavy atom. The second-order valence-corrected chi connectivity index (χ2v) is 5.31. The fourth-order valence-electron chi connectivity index (χ4n) is 2.40. The first-order valence-electron chi connectivity index (χ1n) is 6.65. The van der Waals surface area contributed by atoms with E-state index in [1.807, 2.05) is 6.07 Å². The minimum Gasteiger partial charge on any atom is -0.493 e. The zero-order valence-corrected chi connectivity index (χ0v) is 11.7. The molecular formula is C16H15ClFNO. The lowest BCUT2D eigenvalue weighted by molar-refractivity contribution is 0.357. The van der Waals surface area contributed by atoms with E-state index in [4.69, 9.17) is 16.3 Å². The van der Waals surface area contributed by atoms with Crippen molar-refractivity contribution in [2.24, 2.45) is 0 Å². The van der Waals surface area contributed by atoms with Crippen molar-refractivity contribution in [3.05, 3.63) is 58.4 Å². The van der Waals surface area contributed by atoms with Crippen LogP contribution in [0, 0.1) is 5.82 Å². The summed E-state index contributed by atoms with van der Waals surface area (Å²) in [4.78, 5) is 0. The van der Waals surface area contributed by atoms with Gasteiger partial charge < -0.3 is 10.1 Å². The fourth-order valence-corrected chi connectivity index (χ4v) is 2.62. The summed E-state index contributed by atoms with van der Waals surface area (Å²) in [5.74, 6) is 0.674. The van der Waals surface area contributed by atoms with E-state index in [9.17, 15) is 4.39 Å². The molecule has 0 atom stereocenters. The van der Waals surface area contributed by atoms with Gasteiger partial charge in [-0.3, -0.25) is 0 Å². The predicted octanol–water partition coefficient (Wildman–Crippen LogP) is 4.07. The molecule has 1 N–H and O–H groups in total. The van der Waals surface area contributed by atoms with Crippen molar-refractivity contribution < 1.29 is 9.13 Å². The lowest BCUT2D eigenvalue weighted by Gasteiger charge is -2.08. The molecule has 104 valence electrons. The van der Waals surface area contributed by atoms with Gasteiger partial charge in [0, 0.05) is 23.7 Å². The molecule has 1 aliphatic rings. The summed E-state index contributed by atoms with van der Waals surface area (Å²) in [6, 6.07) is 10.8. The maximum Gasteiger partial charge on any atom is 0.126 e. The van der Waals surface area contributed by atoms with Crippen LogP contribution in [-0.4, -0.2) is 13.2 Å². The van der Waals surface area contributed by atoms with Crippen LogP contribution in [0.4, 0.5) is 10.1 Å². The molecule has 0 bridgehead atoms. The lowest BCUT2D eigenvalue weighted by Crippen LogP contribution is -2.05. The Labute approximate surface area is 122 Å². The molecule has 0 saturated carbocycles. The van der Waals surface area contributed by atoms with Gasteiger partial charge in [-0.05, 0) is 41.8 Å². The summed E-state index contributed by atoms with van der Waals surface area (Å²) in [7, 11) is 0. The largest absolute Gasteiger partial charge is 0.493 e. The van der Waals surface area contributed by atoms with E-state index < -0.39 is 0 Å². The molecule has 2 nitrogen and oxygen atoms in total. The summed E-state index contributed by atoms with van der Waals surface area (Å²) >= 11 is 5.82. The monoisotopic (exact) mass is 291 g/mol. The van der Waals surface area contributed by atoms with Crippen LogP contribution in [0.1, 0.15) is 11.1 Å². The van der Waals surface area contributed by atoms with Crippen LogP contribution in [0.3, 0.4) is 0 Å². The van der Waals surface area contributed by atoms with Gasteiger partial charge in [0.2, 0.25) is 0 Å². The Morgan fingerprint density at radius 3 is 2.95 bits per heavy atom. The van der Waals surface area contributed by atoms with Gasteiger partial charge in [-0.1, -0.05) is 23.7 Å². The topological polar surface area (TPSA) is 21.3 Å². The number of hydrogen-bond acceptors (Lipinski definition) is 2. The maximum absolute atomic E-state index is 13.2. The number of benzene rings is 2. The van der Waals surface area contributed by atoms with Gasteiger partial charge in [-0.25, -0.2) is 4.39 Å². The van der Waals surface area contributed by atoms with Gasteiger partial charge in [0.05, 0.1) is 6.61 Å². The van der Waals surface area contributed by atoms with E-state index in [1.165, 1.54) is 23.3 Å². The van der Waals surface area contributed by atoms with Gasteiger partial charge >= 0.3 is 0 Å². The molecule has 0 fully saturated rings. The molecule has 2 aromatic carbocycles. The van der Waals surface area contributed by atoms with Crippen molar-refractivity contribution in [3.63, 3.8) is 0 Å². The summed E-state index contributed by atoms with van der Waals surface area (Å²) in [6.07, 6.45) is 1.86. The highest BCUT2D eigenvalue weighted by molar-refractivity contribution is 6.30. The number of hydrogen-bond donors (Lipinski definition) is 1. The molecule has 1 aliphatic heterocycles. The molecule has 0 amide bonds. The minimum atomic E-state index is -0.324. The van der Waals surface area contributed by atoms with E-state index in [0.717, 1.165) is 31.7 Å². The molecule has 0 unspecified atom stereocenters. The third kappa shape index (κ3) is 3.05. The first-order valence-corrected chi connectivity index (χ1v) is 7.03. The Morgan fingerprint density at radius 2 is 2.10 bits per heavy atom. The molecule has 3 rings (SSSR count). The summed E-state index contributed by atoms with van der Waals surface area (Å²) in [6.45, 7) is 1.51. The normalized spacial score (nSPS) is 12.9. The van der Waals surface area contributed by atoms with E-state index in [-0.39, 0.29) is 5.82 Å². The third-order valence-corrected chi connectivity index (χ3v) is 3.58. The van der Waals surface area contributed by atoms with Crippen molar-refractivity contribution in [1.82, 2.24) is 0 Å². The number of anilines is 1. The van der Waals surface area contributed by atoms with E-state index in [0.29, 0.717) is 10.7 Å². The average Bonchev–Trinajstić information content (AvgIpc) is 2.85. The molecule has 0 spiro atoms. The zero-order valence-electron chi connectivity index (χ0n) is 11.0. The van der Waals surface area contributed by atoms with Gasteiger partial charge in [0.25, 0.3) is 0 Å².